The third kappa shape index (κ3) is 6.19. The van der Waals surface area contributed by atoms with Crippen molar-refractivity contribution >= 4 is 29.0 Å². The van der Waals surface area contributed by atoms with Crippen LogP contribution in [0.4, 0.5) is 5.69 Å². The van der Waals surface area contributed by atoms with Crippen molar-refractivity contribution in [2.45, 2.75) is 20.1 Å². The molecule has 0 atom stereocenters. The van der Waals surface area contributed by atoms with E-state index in [9.17, 15) is 4.79 Å². The van der Waals surface area contributed by atoms with Gasteiger partial charge in [-0.3, -0.25) is 4.79 Å². The summed E-state index contributed by atoms with van der Waals surface area (Å²) >= 11 is 1.62. The predicted octanol–water partition coefficient (Wildman–Crippen LogP) is 4.77. The number of thiazole rings is 1. The minimum Gasteiger partial charge on any atom is -0.487 e. The van der Waals surface area contributed by atoms with Crippen LogP contribution in [0.3, 0.4) is 0 Å². The van der Waals surface area contributed by atoms with E-state index in [4.69, 9.17) is 4.74 Å². The molecule has 0 N–H and O–H groups in total. The first-order chi connectivity index (χ1) is 14.4. The van der Waals surface area contributed by atoms with E-state index in [1.54, 1.807) is 22.3 Å². The summed E-state index contributed by atoms with van der Waals surface area (Å²) in [6, 6.07) is 15.9. The molecule has 6 heteroatoms. The summed E-state index contributed by atoms with van der Waals surface area (Å²) in [6.07, 6.45) is 3.42. The lowest BCUT2D eigenvalue weighted by atomic mass is 10.2. The van der Waals surface area contributed by atoms with Crippen LogP contribution in [0.15, 0.2) is 60.0 Å². The number of amides is 1. The van der Waals surface area contributed by atoms with Gasteiger partial charge in [-0.1, -0.05) is 24.3 Å². The van der Waals surface area contributed by atoms with E-state index in [0.717, 1.165) is 33.3 Å². The largest absolute Gasteiger partial charge is 0.487 e. The van der Waals surface area contributed by atoms with Gasteiger partial charge in [-0.05, 0) is 48.4 Å². The summed E-state index contributed by atoms with van der Waals surface area (Å²) in [5, 5.41) is 3.04. The smallest absolute Gasteiger partial charge is 0.246 e. The molecule has 1 heterocycles. The highest BCUT2D eigenvalue weighted by atomic mass is 32.1. The molecule has 0 bridgehead atoms. The number of likely N-dealkylation sites (N-methyl/N-ethyl adjacent to an activating group) is 1. The number of rotatable bonds is 8. The summed E-state index contributed by atoms with van der Waals surface area (Å²) in [7, 11) is 5.83. The molecule has 1 amide bonds. The van der Waals surface area contributed by atoms with Crippen LogP contribution in [0.2, 0.25) is 0 Å². The molecule has 1 aromatic heterocycles. The van der Waals surface area contributed by atoms with Gasteiger partial charge in [0.15, 0.2) is 0 Å². The lowest BCUT2D eigenvalue weighted by molar-refractivity contribution is -0.125. The highest BCUT2D eigenvalue weighted by Gasteiger charge is 2.06. The molecular formula is C24H27N3O2S. The molecule has 0 fully saturated rings. The molecule has 0 saturated heterocycles. The number of hydrogen-bond acceptors (Lipinski definition) is 5. The third-order valence-corrected chi connectivity index (χ3v) is 5.42. The van der Waals surface area contributed by atoms with Crippen LogP contribution in [0.5, 0.6) is 5.75 Å². The monoisotopic (exact) mass is 421 g/mol. The molecule has 0 spiro atoms. The second kappa shape index (κ2) is 10.1. The molecule has 30 heavy (non-hydrogen) atoms. The Bertz CT molecular complexity index is 992. The molecule has 0 radical (unpaired) electrons. The van der Waals surface area contributed by atoms with Gasteiger partial charge in [-0.25, -0.2) is 4.98 Å². The topological polar surface area (TPSA) is 45.7 Å². The minimum atomic E-state index is -0.0362. The molecule has 156 valence electrons. The number of carbonyl (C=O) groups excluding carboxylic acids is 1. The van der Waals surface area contributed by atoms with Crippen molar-refractivity contribution in [1.82, 2.24) is 9.88 Å². The van der Waals surface area contributed by atoms with Gasteiger partial charge in [0.1, 0.15) is 12.4 Å². The van der Waals surface area contributed by atoms with E-state index < -0.39 is 0 Å². The molecular weight excluding hydrogens is 394 g/mol. The highest BCUT2D eigenvalue weighted by molar-refractivity contribution is 7.09. The number of anilines is 1. The predicted molar refractivity (Wildman–Crippen MR) is 124 cm³/mol. The van der Waals surface area contributed by atoms with E-state index >= 15 is 0 Å². The van der Waals surface area contributed by atoms with Gasteiger partial charge < -0.3 is 14.5 Å². The average Bonchev–Trinajstić information content (AvgIpc) is 3.16. The highest BCUT2D eigenvalue weighted by Crippen LogP contribution is 2.17. The number of aromatic nitrogens is 1. The molecule has 0 aliphatic heterocycles. The van der Waals surface area contributed by atoms with Crippen LogP contribution in [0.1, 0.15) is 21.8 Å². The van der Waals surface area contributed by atoms with Crippen LogP contribution >= 0.6 is 11.3 Å². The number of ether oxygens (including phenoxy) is 1. The van der Waals surface area contributed by atoms with Crippen LogP contribution in [0, 0.1) is 6.92 Å². The fourth-order valence-corrected chi connectivity index (χ4v) is 3.45. The van der Waals surface area contributed by atoms with Gasteiger partial charge in [0.2, 0.25) is 5.91 Å². The van der Waals surface area contributed by atoms with Crippen molar-refractivity contribution in [1.29, 1.82) is 0 Å². The van der Waals surface area contributed by atoms with Gasteiger partial charge in [-0.2, -0.15) is 0 Å². The van der Waals surface area contributed by atoms with Gasteiger partial charge >= 0.3 is 0 Å². The van der Waals surface area contributed by atoms with Crippen LogP contribution in [0.25, 0.3) is 6.08 Å². The van der Waals surface area contributed by atoms with E-state index in [-0.39, 0.29) is 5.91 Å². The van der Waals surface area contributed by atoms with E-state index in [0.29, 0.717) is 13.2 Å². The van der Waals surface area contributed by atoms with E-state index in [1.165, 1.54) is 0 Å². The lowest BCUT2D eigenvalue weighted by Crippen LogP contribution is -2.24. The summed E-state index contributed by atoms with van der Waals surface area (Å²) in [5.41, 5.74) is 4.12. The van der Waals surface area contributed by atoms with Gasteiger partial charge in [-0.15, -0.1) is 11.3 Å². The summed E-state index contributed by atoms with van der Waals surface area (Å²) in [5.74, 6) is 0.744. The maximum Gasteiger partial charge on any atom is 0.246 e. The summed E-state index contributed by atoms with van der Waals surface area (Å²) < 4.78 is 5.76. The molecule has 0 unspecified atom stereocenters. The van der Waals surface area contributed by atoms with Crippen molar-refractivity contribution < 1.29 is 9.53 Å². The van der Waals surface area contributed by atoms with E-state index in [2.05, 4.69) is 34.1 Å². The number of hydrogen-bond donors (Lipinski definition) is 0. The molecule has 0 aliphatic carbocycles. The number of benzene rings is 2. The van der Waals surface area contributed by atoms with Crippen molar-refractivity contribution in [3.8, 4) is 5.75 Å². The first kappa shape index (κ1) is 21.6. The number of carbonyl (C=O) groups is 1. The Hall–Kier alpha value is -3.12. The van der Waals surface area contributed by atoms with E-state index in [1.807, 2.05) is 63.8 Å². The molecule has 2 aromatic carbocycles. The quantitative estimate of drug-likeness (QED) is 0.492. The van der Waals surface area contributed by atoms with Crippen LogP contribution in [-0.4, -0.2) is 36.9 Å². The first-order valence-corrected chi connectivity index (χ1v) is 10.6. The Labute approximate surface area is 182 Å². The number of aryl methyl sites for hydroxylation is 1. The standard InChI is InChI=1S/C24H27N3O2S/c1-18-25-21(17-30-18)16-29-23-12-7-19(8-13-23)9-14-24(28)27(4)15-20-5-10-22(11-6-20)26(2)3/h5-14,17H,15-16H2,1-4H3/b14-9+. The second-order valence-electron chi connectivity index (χ2n) is 7.30. The van der Waals surface area contributed by atoms with Crippen molar-refractivity contribution in [2.75, 3.05) is 26.0 Å². The molecule has 3 rings (SSSR count). The summed E-state index contributed by atoms with van der Waals surface area (Å²) in [4.78, 5) is 20.6. The minimum absolute atomic E-state index is 0.0362. The zero-order valence-corrected chi connectivity index (χ0v) is 18.6. The SMILES string of the molecule is Cc1nc(COc2ccc(/C=C/C(=O)N(C)Cc3ccc(N(C)C)cc3)cc2)cs1. The maximum absolute atomic E-state index is 12.4. The van der Waals surface area contributed by atoms with Gasteiger partial charge in [0, 0.05) is 44.8 Å². The van der Waals surface area contributed by atoms with Crippen LogP contribution < -0.4 is 9.64 Å². The Balaban J connectivity index is 1.50. The summed E-state index contributed by atoms with van der Waals surface area (Å²) in [6.45, 7) is 3.01. The maximum atomic E-state index is 12.4. The zero-order valence-electron chi connectivity index (χ0n) is 17.8. The zero-order chi connectivity index (χ0) is 21.5. The Kier molecular flexibility index (Phi) is 7.25. The molecule has 3 aromatic rings. The molecule has 5 nitrogen and oxygen atoms in total. The van der Waals surface area contributed by atoms with Crippen molar-refractivity contribution in [3.05, 3.63) is 81.8 Å². The fraction of sp³-hybridized carbons (Fsp3) is 0.250. The average molecular weight is 422 g/mol. The fourth-order valence-electron chi connectivity index (χ4n) is 2.85. The number of nitrogens with zero attached hydrogens (tertiary/aromatic N) is 3. The Morgan fingerprint density at radius 1 is 1.07 bits per heavy atom. The van der Waals surface area contributed by atoms with Crippen molar-refractivity contribution in [3.63, 3.8) is 0 Å². The normalized spacial score (nSPS) is 10.9. The first-order valence-electron chi connectivity index (χ1n) is 9.74. The lowest BCUT2D eigenvalue weighted by Gasteiger charge is -2.17. The van der Waals surface area contributed by atoms with Crippen molar-refractivity contribution in [2.24, 2.45) is 0 Å². The molecule has 0 saturated carbocycles. The Morgan fingerprint density at radius 2 is 1.77 bits per heavy atom. The second-order valence-corrected chi connectivity index (χ2v) is 8.37. The van der Waals surface area contributed by atoms with Gasteiger partial charge in [0.05, 0.1) is 10.7 Å². The molecule has 0 aliphatic rings. The van der Waals surface area contributed by atoms with Gasteiger partial charge in [0.25, 0.3) is 0 Å². The Morgan fingerprint density at radius 3 is 2.37 bits per heavy atom. The third-order valence-electron chi connectivity index (χ3n) is 4.60. The van der Waals surface area contributed by atoms with Crippen LogP contribution in [-0.2, 0) is 17.9 Å².